The van der Waals surface area contributed by atoms with Crippen molar-refractivity contribution in [2.75, 3.05) is 13.9 Å². The van der Waals surface area contributed by atoms with Gasteiger partial charge in [0.05, 0.1) is 12.7 Å². The van der Waals surface area contributed by atoms with Gasteiger partial charge in [-0.05, 0) is 48.6 Å². The summed E-state index contributed by atoms with van der Waals surface area (Å²) in [4.78, 5) is 26.3. The van der Waals surface area contributed by atoms with Gasteiger partial charge in [0, 0.05) is 34.3 Å². The van der Waals surface area contributed by atoms with Gasteiger partial charge in [0.25, 0.3) is 0 Å². The summed E-state index contributed by atoms with van der Waals surface area (Å²) in [5.41, 5.74) is 4.25. The molecule has 0 bridgehead atoms. The number of hydrogen-bond donors (Lipinski definition) is 1. The SMILES string of the molecule is COC(=O)C1=C(C)NC2=C(C(=O)C[C@@H](c3ccccc3Cl)C2)[C@@H]1c1ccc2c(c1)OCO2. The fraction of sp³-hybridized carbons (Fsp3) is 0.280. The van der Waals surface area contributed by atoms with E-state index in [2.05, 4.69) is 5.32 Å². The van der Waals surface area contributed by atoms with E-state index in [1.807, 2.05) is 49.4 Å². The quantitative estimate of drug-likeness (QED) is 0.687. The minimum absolute atomic E-state index is 0.0137. The predicted molar refractivity (Wildman–Crippen MR) is 119 cm³/mol. The Labute approximate surface area is 190 Å². The first-order chi connectivity index (χ1) is 15.5. The summed E-state index contributed by atoms with van der Waals surface area (Å²) in [7, 11) is 1.35. The second-order valence-corrected chi connectivity index (χ2v) is 8.55. The van der Waals surface area contributed by atoms with E-state index >= 15 is 0 Å². The Hall–Kier alpha value is -3.25. The molecule has 0 fully saturated rings. The largest absolute Gasteiger partial charge is 0.466 e. The van der Waals surface area contributed by atoms with E-state index in [-0.39, 0.29) is 18.5 Å². The Morgan fingerprint density at radius 1 is 1.12 bits per heavy atom. The number of benzene rings is 2. The third kappa shape index (κ3) is 3.35. The fourth-order valence-corrected chi connectivity index (χ4v) is 5.16. The number of carbonyl (C=O) groups is 2. The molecule has 164 valence electrons. The van der Waals surface area contributed by atoms with Gasteiger partial charge in [-0.15, -0.1) is 0 Å². The highest BCUT2D eigenvalue weighted by Crippen LogP contribution is 2.48. The number of allylic oxidation sites excluding steroid dienone is 3. The summed E-state index contributed by atoms with van der Waals surface area (Å²) in [6.07, 6.45) is 0.941. The molecule has 2 heterocycles. The van der Waals surface area contributed by atoms with Gasteiger partial charge in [-0.2, -0.15) is 0 Å². The average Bonchev–Trinajstić information content (AvgIpc) is 3.25. The molecule has 6 nitrogen and oxygen atoms in total. The van der Waals surface area contributed by atoms with Gasteiger partial charge in [0.15, 0.2) is 17.3 Å². The lowest BCUT2D eigenvalue weighted by Crippen LogP contribution is -2.36. The average molecular weight is 452 g/mol. The Bertz CT molecular complexity index is 1200. The minimum Gasteiger partial charge on any atom is -0.466 e. The van der Waals surface area contributed by atoms with Gasteiger partial charge in [-0.3, -0.25) is 4.79 Å². The molecule has 3 aliphatic rings. The zero-order valence-electron chi connectivity index (χ0n) is 17.7. The number of hydrogen-bond acceptors (Lipinski definition) is 6. The van der Waals surface area contributed by atoms with Gasteiger partial charge < -0.3 is 19.5 Å². The second-order valence-electron chi connectivity index (χ2n) is 8.14. The lowest BCUT2D eigenvalue weighted by Gasteiger charge is -2.36. The van der Waals surface area contributed by atoms with Crippen LogP contribution in [0.25, 0.3) is 0 Å². The van der Waals surface area contributed by atoms with Gasteiger partial charge in [-0.25, -0.2) is 4.79 Å². The predicted octanol–water partition coefficient (Wildman–Crippen LogP) is 4.60. The fourth-order valence-electron chi connectivity index (χ4n) is 4.87. The summed E-state index contributed by atoms with van der Waals surface area (Å²) in [5, 5.41) is 3.98. The van der Waals surface area contributed by atoms with E-state index in [1.54, 1.807) is 0 Å². The van der Waals surface area contributed by atoms with E-state index in [9.17, 15) is 9.59 Å². The highest BCUT2D eigenvalue weighted by molar-refractivity contribution is 6.31. The monoisotopic (exact) mass is 451 g/mol. The highest BCUT2D eigenvalue weighted by atomic mass is 35.5. The Kier molecular flexibility index (Phi) is 5.18. The third-order valence-corrected chi connectivity index (χ3v) is 6.65. The van der Waals surface area contributed by atoms with Crippen molar-refractivity contribution in [1.29, 1.82) is 0 Å². The number of dihydropyridines is 1. The molecule has 1 N–H and O–H groups in total. The van der Waals surface area contributed by atoms with Crippen molar-refractivity contribution in [3.8, 4) is 11.5 Å². The maximum absolute atomic E-state index is 13.5. The summed E-state index contributed by atoms with van der Waals surface area (Å²) in [6.45, 7) is 1.98. The van der Waals surface area contributed by atoms with Crippen LogP contribution in [0.5, 0.6) is 11.5 Å². The molecule has 2 aromatic carbocycles. The number of ketones is 1. The van der Waals surface area contributed by atoms with Crippen molar-refractivity contribution in [3.05, 3.63) is 81.2 Å². The molecule has 2 aromatic rings. The van der Waals surface area contributed by atoms with Crippen LogP contribution in [0.1, 0.15) is 42.7 Å². The Balaban J connectivity index is 1.61. The summed E-state index contributed by atoms with van der Waals surface area (Å²) < 4.78 is 16.1. The van der Waals surface area contributed by atoms with Crippen LogP contribution in [0.15, 0.2) is 65.0 Å². The van der Waals surface area contributed by atoms with Crippen molar-refractivity contribution in [3.63, 3.8) is 0 Å². The molecule has 0 saturated carbocycles. The molecule has 1 aliphatic carbocycles. The van der Waals surface area contributed by atoms with Gasteiger partial charge >= 0.3 is 5.97 Å². The topological polar surface area (TPSA) is 73.9 Å². The van der Waals surface area contributed by atoms with Crippen LogP contribution in [0.2, 0.25) is 5.02 Å². The van der Waals surface area contributed by atoms with Crippen molar-refractivity contribution < 1.29 is 23.8 Å². The molecule has 0 aromatic heterocycles. The number of carbonyl (C=O) groups excluding carboxylic acids is 2. The highest BCUT2D eigenvalue weighted by Gasteiger charge is 2.42. The van der Waals surface area contributed by atoms with Crippen LogP contribution < -0.4 is 14.8 Å². The Morgan fingerprint density at radius 3 is 2.69 bits per heavy atom. The molecule has 2 aliphatic heterocycles. The summed E-state index contributed by atoms with van der Waals surface area (Å²) in [6, 6.07) is 13.1. The molecule has 5 rings (SSSR count). The summed E-state index contributed by atoms with van der Waals surface area (Å²) >= 11 is 6.43. The molecule has 0 spiro atoms. The lowest BCUT2D eigenvalue weighted by molar-refractivity contribution is -0.136. The number of esters is 1. The lowest BCUT2D eigenvalue weighted by atomic mass is 9.71. The van der Waals surface area contributed by atoms with E-state index in [1.165, 1.54) is 7.11 Å². The van der Waals surface area contributed by atoms with E-state index in [0.29, 0.717) is 46.2 Å². The Morgan fingerprint density at radius 2 is 1.91 bits per heavy atom. The first-order valence-electron chi connectivity index (χ1n) is 10.4. The summed E-state index contributed by atoms with van der Waals surface area (Å²) in [5.74, 6) is 0.180. The van der Waals surface area contributed by atoms with E-state index < -0.39 is 11.9 Å². The molecule has 0 radical (unpaired) electrons. The molecule has 2 atom stereocenters. The number of Topliss-reactive ketones (excluding diaryl/α,β-unsaturated/α-hetero) is 1. The number of nitrogens with one attached hydrogen (secondary N) is 1. The number of fused-ring (bicyclic) bond motifs is 1. The standard InChI is InChI=1S/C25H22ClNO5/c1-13-22(25(29)30-2)23(14-7-8-20-21(11-14)32-12-31-20)24-18(27-13)9-15(10-19(24)28)16-5-3-4-6-17(16)26/h3-8,11,15,23,27H,9-10,12H2,1-2H3/t15-,23+/m0/s1. The molecule has 0 amide bonds. The zero-order chi connectivity index (χ0) is 22.4. The third-order valence-electron chi connectivity index (χ3n) is 6.31. The number of ether oxygens (including phenoxy) is 3. The first-order valence-corrected chi connectivity index (χ1v) is 10.8. The van der Waals surface area contributed by atoms with Crippen molar-refractivity contribution in [1.82, 2.24) is 5.32 Å². The van der Waals surface area contributed by atoms with Crippen LogP contribution >= 0.6 is 11.6 Å². The van der Waals surface area contributed by atoms with Gasteiger partial charge in [-0.1, -0.05) is 35.9 Å². The molecule has 0 unspecified atom stereocenters. The van der Waals surface area contributed by atoms with Gasteiger partial charge in [0.2, 0.25) is 6.79 Å². The maximum atomic E-state index is 13.5. The number of methoxy groups -OCH3 is 1. The van der Waals surface area contributed by atoms with Crippen molar-refractivity contribution >= 4 is 23.4 Å². The van der Waals surface area contributed by atoms with Gasteiger partial charge in [0.1, 0.15) is 0 Å². The van der Waals surface area contributed by atoms with Crippen LogP contribution in [-0.2, 0) is 14.3 Å². The number of halogens is 1. The van der Waals surface area contributed by atoms with Crippen LogP contribution in [-0.4, -0.2) is 25.7 Å². The van der Waals surface area contributed by atoms with Crippen molar-refractivity contribution in [2.45, 2.75) is 31.6 Å². The molecule has 32 heavy (non-hydrogen) atoms. The maximum Gasteiger partial charge on any atom is 0.336 e. The van der Waals surface area contributed by atoms with Crippen LogP contribution in [0.4, 0.5) is 0 Å². The normalized spacial score (nSPS) is 21.9. The smallest absolute Gasteiger partial charge is 0.336 e. The molecule has 7 heteroatoms. The molecular formula is C25H22ClNO5. The molecule has 0 saturated heterocycles. The molecular weight excluding hydrogens is 430 g/mol. The van der Waals surface area contributed by atoms with Crippen molar-refractivity contribution in [2.24, 2.45) is 0 Å². The number of rotatable bonds is 3. The first kappa shape index (κ1) is 20.6. The minimum atomic E-state index is -0.548. The second kappa shape index (κ2) is 8.02. The van der Waals surface area contributed by atoms with Crippen LogP contribution in [0.3, 0.4) is 0 Å². The van der Waals surface area contributed by atoms with E-state index in [4.69, 9.17) is 25.8 Å². The zero-order valence-corrected chi connectivity index (χ0v) is 18.5. The van der Waals surface area contributed by atoms with E-state index in [0.717, 1.165) is 16.8 Å². The van der Waals surface area contributed by atoms with Crippen LogP contribution in [0, 0.1) is 0 Å².